The van der Waals surface area contributed by atoms with E-state index in [-0.39, 0.29) is 24.7 Å². The molecule has 4 amide bonds. The maximum absolute atomic E-state index is 13.2. The van der Waals surface area contributed by atoms with Gasteiger partial charge in [-0.2, -0.15) is 0 Å². The van der Waals surface area contributed by atoms with Crippen molar-refractivity contribution in [2.75, 3.05) is 45.9 Å². The number of esters is 1. The minimum absolute atomic E-state index is 0.0664. The lowest BCUT2D eigenvalue weighted by molar-refractivity contribution is -0.139. The molecule has 35 heavy (non-hydrogen) atoms. The number of ether oxygens (including phenoxy) is 1. The molecule has 0 radical (unpaired) electrons. The number of nitrogens with one attached hydrogen (secondary N) is 2. The molecule has 1 aromatic rings. The highest BCUT2D eigenvalue weighted by Crippen LogP contribution is 2.32. The first-order chi connectivity index (χ1) is 16.7. The molecule has 0 saturated carbocycles. The predicted octanol–water partition coefficient (Wildman–Crippen LogP) is 3.37. The minimum atomic E-state index is -0.642. The Morgan fingerprint density at radius 3 is 2.49 bits per heavy atom. The fraction of sp³-hybridized carbons (Fsp3) is 0.560. The molecule has 0 bridgehead atoms. The van der Waals surface area contributed by atoms with Crippen LogP contribution in [0.3, 0.4) is 0 Å². The van der Waals surface area contributed by atoms with E-state index >= 15 is 0 Å². The molecular formula is C25H36ClN5O4. The number of nitrogens with zero attached hydrogens (tertiary/aromatic N) is 3. The van der Waals surface area contributed by atoms with Gasteiger partial charge in [-0.1, -0.05) is 23.7 Å². The van der Waals surface area contributed by atoms with Gasteiger partial charge in [-0.3, -0.25) is 9.80 Å². The Balaban J connectivity index is 1.92. The van der Waals surface area contributed by atoms with Crippen molar-refractivity contribution in [3.8, 4) is 0 Å². The number of hydrogen-bond acceptors (Lipinski definition) is 5. The molecule has 3 rings (SSSR count). The summed E-state index contributed by atoms with van der Waals surface area (Å²) in [6.07, 6.45) is 0.798. The molecule has 2 aliphatic rings. The third kappa shape index (κ3) is 6.67. The summed E-state index contributed by atoms with van der Waals surface area (Å²) in [4.78, 5) is 44.4. The normalized spacial score (nSPS) is 19.5. The lowest BCUT2D eigenvalue weighted by Crippen LogP contribution is -2.51. The van der Waals surface area contributed by atoms with E-state index < -0.39 is 12.0 Å². The average Bonchev–Trinajstić information content (AvgIpc) is 3.05. The Kier molecular flexibility index (Phi) is 9.40. The van der Waals surface area contributed by atoms with Crippen LogP contribution in [-0.4, -0.2) is 84.6 Å². The van der Waals surface area contributed by atoms with E-state index in [2.05, 4.69) is 15.5 Å². The van der Waals surface area contributed by atoms with Crippen LogP contribution in [0.1, 0.15) is 45.7 Å². The van der Waals surface area contributed by atoms with Crippen molar-refractivity contribution >= 4 is 29.6 Å². The van der Waals surface area contributed by atoms with Gasteiger partial charge in [0.2, 0.25) is 0 Å². The molecule has 192 valence electrons. The van der Waals surface area contributed by atoms with Gasteiger partial charge in [-0.05, 0) is 51.8 Å². The highest BCUT2D eigenvalue weighted by atomic mass is 35.5. The largest absolute Gasteiger partial charge is 0.463 e. The van der Waals surface area contributed by atoms with Crippen molar-refractivity contribution in [3.05, 3.63) is 46.1 Å². The number of carbonyl (C=O) groups is 3. The van der Waals surface area contributed by atoms with Gasteiger partial charge >= 0.3 is 18.0 Å². The fourth-order valence-electron chi connectivity index (χ4n) is 4.45. The van der Waals surface area contributed by atoms with Gasteiger partial charge in [0.15, 0.2) is 0 Å². The summed E-state index contributed by atoms with van der Waals surface area (Å²) in [6.45, 7) is 11.2. The summed E-state index contributed by atoms with van der Waals surface area (Å²) in [5.41, 5.74) is 1.82. The zero-order valence-electron chi connectivity index (χ0n) is 21.0. The van der Waals surface area contributed by atoms with Gasteiger partial charge in [0, 0.05) is 56.0 Å². The molecule has 1 atom stereocenters. The van der Waals surface area contributed by atoms with Crippen molar-refractivity contribution in [1.29, 1.82) is 0 Å². The molecule has 2 N–H and O–H groups in total. The van der Waals surface area contributed by atoms with E-state index in [1.807, 2.05) is 37.8 Å². The average molecular weight is 506 g/mol. The topological polar surface area (TPSA) is 94.2 Å². The van der Waals surface area contributed by atoms with E-state index in [4.69, 9.17) is 16.3 Å². The molecule has 0 aliphatic carbocycles. The fourth-order valence-corrected chi connectivity index (χ4v) is 4.57. The number of rotatable bonds is 7. The molecule has 1 aromatic carbocycles. The standard InChI is InChI=1S/C25H36ClN5O4/c1-5-31-20(16-29-12-7-13-30(15-14-29)24(33)27-17(3)4)21(23(32)35-6-2)22(28-25(31)34)18-8-10-19(26)11-9-18/h8-11,17,22H,5-7,12-16H2,1-4H3,(H,27,33)(H,28,34). The highest BCUT2D eigenvalue weighted by Gasteiger charge is 2.38. The first-order valence-electron chi connectivity index (χ1n) is 12.3. The van der Waals surface area contributed by atoms with Crippen LogP contribution < -0.4 is 10.6 Å². The number of likely N-dealkylation sites (N-methyl/N-ethyl adjacent to an activating group) is 1. The van der Waals surface area contributed by atoms with Crippen LogP contribution in [0.25, 0.3) is 0 Å². The van der Waals surface area contributed by atoms with Gasteiger partial charge in [0.1, 0.15) is 0 Å². The minimum Gasteiger partial charge on any atom is -0.463 e. The molecule has 0 aromatic heterocycles. The number of amides is 4. The first-order valence-corrected chi connectivity index (χ1v) is 12.6. The van der Waals surface area contributed by atoms with Crippen LogP contribution in [0.4, 0.5) is 9.59 Å². The van der Waals surface area contributed by atoms with Gasteiger partial charge in [0.05, 0.1) is 18.2 Å². The molecule has 0 spiro atoms. The van der Waals surface area contributed by atoms with Crippen molar-refractivity contribution < 1.29 is 19.1 Å². The number of carbonyl (C=O) groups excluding carboxylic acids is 3. The first kappa shape index (κ1) is 26.8. The summed E-state index contributed by atoms with van der Waals surface area (Å²) in [6, 6.07) is 6.20. The van der Waals surface area contributed by atoms with Gasteiger partial charge in [-0.15, -0.1) is 0 Å². The highest BCUT2D eigenvalue weighted by molar-refractivity contribution is 6.30. The second kappa shape index (κ2) is 12.3. The Labute approximate surface area is 212 Å². The molecule has 2 aliphatic heterocycles. The molecule has 10 heteroatoms. The lowest BCUT2D eigenvalue weighted by Gasteiger charge is -2.38. The molecule has 1 fully saturated rings. The van der Waals surface area contributed by atoms with Gasteiger partial charge < -0.3 is 20.3 Å². The summed E-state index contributed by atoms with van der Waals surface area (Å²) < 4.78 is 5.43. The maximum Gasteiger partial charge on any atom is 0.338 e. The van der Waals surface area contributed by atoms with Gasteiger partial charge in [0.25, 0.3) is 0 Å². The van der Waals surface area contributed by atoms with Crippen molar-refractivity contribution in [2.45, 2.75) is 46.2 Å². The summed E-state index contributed by atoms with van der Waals surface area (Å²) in [7, 11) is 0. The lowest BCUT2D eigenvalue weighted by atomic mass is 9.94. The third-order valence-electron chi connectivity index (χ3n) is 6.11. The van der Waals surface area contributed by atoms with Crippen molar-refractivity contribution in [2.24, 2.45) is 0 Å². The molecule has 9 nitrogen and oxygen atoms in total. The monoisotopic (exact) mass is 505 g/mol. The summed E-state index contributed by atoms with van der Waals surface area (Å²) in [5, 5.41) is 6.49. The number of hydrogen-bond donors (Lipinski definition) is 2. The molecule has 1 unspecified atom stereocenters. The smallest absolute Gasteiger partial charge is 0.338 e. The van der Waals surface area contributed by atoms with Crippen LogP contribution in [0.5, 0.6) is 0 Å². The second-order valence-electron chi connectivity index (χ2n) is 8.98. The van der Waals surface area contributed by atoms with Crippen LogP contribution >= 0.6 is 11.6 Å². The zero-order chi connectivity index (χ0) is 25.5. The van der Waals surface area contributed by atoms with E-state index in [0.29, 0.717) is 49.0 Å². The van der Waals surface area contributed by atoms with Crippen molar-refractivity contribution in [3.63, 3.8) is 0 Å². The van der Waals surface area contributed by atoms with E-state index in [0.717, 1.165) is 18.5 Å². The number of urea groups is 2. The summed E-state index contributed by atoms with van der Waals surface area (Å²) >= 11 is 6.07. The maximum atomic E-state index is 13.2. The quantitative estimate of drug-likeness (QED) is 0.554. The van der Waals surface area contributed by atoms with Crippen LogP contribution in [0.2, 0.25) is 5.02 Å². The Morgan fingerprint density at radius 2 is 1.86 bits per heavy atom. The summed E-state index contributed by atoms with van der Waals surface area (Å²) in [5.74, 6) is -0.450. The molecule has 2 heterocycles. The van der Waals surface area contributed by atoms with E-state index in [1.54, 1.807) is 24.0 Å². The third-order valence-corrected chi connectivity index (χ3v) is 6.37. The number of halogens is 1. The second-order valence-corrected chi connectivity index (χ2v) is 9.42. The Morgan fingerprint density at radius 1 is 1.14 bits per heavy atom. The Bertz CT molecular complexity index is 950. The molecule has 1 saturated heterocycles. The van der Waals surface area contributed by atoms with E-state index in [9.17, 15) is 14.4 Å². The van der Waals surface area contributed by atoms with E-state index in [1.165, 1.54) is 0 Å². The van der Waals surface area contributed by atoms with Gasteiger partial charge in [-0.25, -0.2) is 14.4 Å². The van der Waals surface area contributed by atoms with Crippen LogP contribution in [-0.2, 0) is 9.53 Å². The predicted molar refractivity (Wildman–Crippen MR) is 135 cm³/mol. The SMILES string of the molecule is CCOC(=O)C1=C(CN2CCCN(C(=O)NC(C)C)CC2)N(CC)C(=O)NC1c1ccc(Cl)cc1. The Hall–Kier alpha value is -2.78. The molecular weight excluding hydrogens is 470 g/mol. The zero-order valence-corrected chi connectivity index (χ0v) is 21.7. The van der Waals surface area contributed by atoms with Crippen molar-refractivity contribution in [1.82, 2.24) is 25.3 Å². The van der Waals surface area contributed by atoms with Crippen LogP contribution in [0.15, 0.2) is 35.5 Å². The number of benzene rings is 1. The van der Waals surface area contributed by atoms with Crippen LogP contribution in [0, 0.1) is 0 Å².